The molecule has 0 saturated heterocycles. The summed E-state index contributed by atoms with van der Waals surface area (Å²) in [5.41, 5.74) is 7.07. The molecule has 104 valence electrons. The van der Waals surface area contributed by atoms with Crippen molar-refractivity contribution in [2.45, 2.75) is 25.8 Å². The van der Waals surface area contributed by atoms with Crippen LogP contribution < -0.4 is 5.73 Å². The molecule has 0 amide bonds. The van der Waals surface area contributed by atoms with Crippen LogP contribution in [0, 0.1) is 5.92 Å². The lowest BCUT2D eigenvalue weighted by Crippen LogP contribution is -2.27. The molecule has 2 unspecified atom stereocenters. The van der Waals surface area contributed by atoms with Crippen LogP contribution in [0.3, 0.4) is 0 Å². The maximum atomic E-state index is 10.9. The Kier molecular flexibility index (Phi) is 2.93. The highest BCUT2D eigenvalue weighted by atomic mass is 16.4. The molecule has 1 aromatic carbocycles. The first kappa shape index (κ1) is 12.7. The topological polar surface area (TPSA) is 94.0 Å². The minimum atomic E-state index is -0.903. The summed E-state index contributed by atoms with van der Waals surface area (Å²) in [6, 6.07) is 7.07. The zero-order valence-electron chi connectivity index (χ0n) is 11.2. The normalized spacial score (nSPS) is 21.4. The third-order valence-corrected chi connectivity index (χ3v) is 3.91. The van der Waals surface area contributed by atoms with E-state index in [1.807, 2.05) is 16.8 Å². The van der Waals surface area contributed by atoms with Crippen molar-refractivity contribution in [1.82, 2.24) is 14.8 Å². The lowest BCUT2D eigenvalue weighted by Gasteiger charge is -2.29. The van der Waals surface area contributed by atoms with Crippen LogP contribution in [0.25, 0.3) is 0 Å². The van der Waals surface area contributed by atoms with Crippen LogP contribution in [0.4, 0.5) is 5.95 Å². The average molecular weight is 272 g/mol. The monoisotopic (exact) mass is 272 g/mol. The average Bonchev–Trinajstić information content (AvgIpc) is 2.77. The second-order valence-electron chi connectivity index (χ2n) is 5.28. The number of anilines is 1. The minimum absolute atomic E-state index is 0.298. The summed E-state index contributed by atoms with van der Waals surface area (Å²) in [5.74, 6) is 1.05. The van der Waals surface area contributed by atoms with E-state index in [0.717, 1.165) is 24.4 Å². The number of hydrogen-bond donors (Lipinski definition) is 2. The van der Waals surface area contributed by atoms with E-state index in [9.17, 15) is 4.79 Å². The number of hydrogen-bond acceptors (Lipinski definition) is 4. The Labute approximate surface area is 116 Å². The summed E-state index contributed by atoms with van der Waals surface area (Å²) in [6.45, 7) is 2.90. The van der Waals surface area contributed by atoms with Crippen molar-refractivity contribution in [3.63, 3.8) is 0 Å². The number of aromatic nitrogens is 3. The molecule has 0 bridgehead atoms. The number of aromatic carboxylic acids is 1. The summed E-state index contributed by atoms with van der Waals surface area (Å²) < 4.78 is 1.85. The number of benzene rings is 1. The van der Waals surface area contributed by atoms with Gasteiger partial charge in [-0.1, -0.05) is 19.1 Å². The SMILES string of the molecule is CC1Cc2nc(N)nn2CC1c1ccc(C(=O)O)cc1. The van der Waals surface area contributed by atoms with E-state index in [2.05, 4.69) is 17.0 Å². The third-order valence-electron chi connectivity index (χ3n) is 3.91. The predicted octanol–water partition coefficient (Wildman–Crippen LogP) is 1.53. The molecule has 0 saturated carbocycles. The molecule has 2 aromatic rings. The minimum Gasteiger partial charge on any atom is -0.478 e. The number of fused-ring (bicyclic) bond motifs is 1. The van der Waals surface area contributed by atoms with Gasteiger partial charge in [0.25, 0.3) is 0 Å². The fraction of sp³-hybridized carbons (Fsp3) is 0.357. The lowest BCUT2D eigenvalue weighted by molar-refractivity contribution is 0.0697. The quantitative estimate of drug-likeness (QED) is 0.864. The van der Waals surface area contributed by atoms with Crippen LogP contribution in [0.1, 0.15) is 34.6 Å². The molecule has 0 fully saturated rings. The maximum Gasteiger partial charge on any atom is 0.335 e. The molecule has 2 heterocycles. The number of nitrogen functional groups attached to an aromatic ring is 1. The fourth-order valence-electron chi connectivity index (χ4n) is 2.79. The Morgan fingerprint density at radius 2 is 2.10 bits per heavy atom. The van der Waals surface area contributed by atoms with E-state index in [4.69, 9.17) is 10.8 Å². The van der Waals surface area contributed by atoms with Gasteiger partial charge in [-0.15, -0.1) is 5.10 Å². The summed E-state index contributed by atoms with van der Waals surface area (Å²) in [7, 11) is 0. The Bertz CT molecular complexity index is 648. The Morgan fingerprint density at radius 1 is 1.40 bits per heavy atom. The fourth-order valence-corrected chi connectivity index (χ4v) is 2.79. The van der Waals surface area contributed by atoms with Crippen LogP contribution in [0.2, 0.25) is 0 Å². The van der Waals surface area contributed by atoms with Crippen LogP contribution in [0.15, 0.2) is 24.3 Å². The van der Waals surface area contributed by atoms with Crippen LogP contribution in [0.5, 0.6) is 0 Å². The highest BCUT2D eigenvalue weighted by Crippen LogP contribution is 2.33. The van der Waals surface area contributed by atoms with E-state index >= 15 is 0 Å². The van der Waals surface area contributed by atoms with Gasteiger partial charge in [0.05, 0.1) is 12.1 Å². The summed E-state index contributed by atoms with van der Waals surface area (Å²) in [4.78, 5) is 15.1. The largest absolute Gasteiger partial charge is 0.478 e. The van der Waals surface area contributed by atoms with Gasteiger partial charge in [-0.3, -0.25) is 0 Å². The van der Waals surface area contributed by atoms with E-state index in [1.54, 1.807) is 12.1 Å². The van der Waals surface area contributed by atoms with Gasteiger partial charge in [-0.25, -0.2) is 9.48 Å². The Morgan fingerprint density at radius 3 is 2.75 bits per heavy atom. The molecular formula is C14H16N4O2. The highest BCUT2D eigenvalue weighted by molar-refractivity contribution is 5.87. The smallest absolute Gasteiger partial charge is 0.335 e. The van der Waals surface area contributed by atoms with Crippen LogP contribution in [-0.2, 0) is 13.0 Å². The lowest BCUT2D eigenvalue weighted by atomic mass is 9.82. The van der Waals surface area contributed by atoms with Gasteiger partial charge in [0.15, 0.2) is 0 Å². The second kappa shape index (κ2) is 4.63. The molecule has 0 aliphatic carbocycles. The van der Waals surface area contributed by atoms with Gasteiger partial charge in [-0.05, 0) is 23.6 Å². The number of carboxylic acid groups (broad SMARTS) is 1. The van der Waals surface area contributed by atoms with Gasteiger partial charge >= 0.3 is 5.97 Å². The van der Waals surface area contributed by atoms with Gasteiger partial charge in [0.2, 0.25) is 5.95 Å². The molecule has 2 atom stereocenters. The van der Waals surface area contributed by atoms with Crippen molar-refractivity contribution in [2.24, 2.45) is 5.92 Å². The number of nitrogens with zero attached hydrogens (tertiary/aromatic N) is 3. The molecule has 3 rings (SSSR count). The van der Waals surface area contributed by atoms with Crippen LogP contribution >= 0.6 is 0 Å². The molecule has 1 aromatic heterocycles. The number of carbonyl (C=O) groups is 1. The third kappa shape index (κ3) is 2.13. The zero-order chi connectivity index (χ0) is 14.3. The molecule has 20 heavy (non-hydrogen) atoms. The molecule has 0 spiro atoms. The number of rotatable bonds is 2. The van der Waals surface area contributed by atoms with Crippen LogP contribution in [-0.4, -0.2) is 25.8 Å². The van der Waals surface area contributed by atoms with E-state index < -0.39 is 5.97 Å². The molecule has 1 aliphatic rings. The van der Waals surface area contributed by atoms with Gasteiger partial charge in [-0.2, -0.15) is 4.98 Å². The molecule has 6 heteroatoms. The highest BCUT2D eigenvalue weighted by Gasteiger charge is 2.28. The van der Waals surface area contributed by atoms with Crippen molar-refractivity contribution >= 4 is 11.9 Å². The van der Waals surface area contributed by atoms with E-state index in [1.165, 1.54) is 0 Å². The van der Waals surface area contributed by atoms with E-state index in [0.29, 0.717) is 23.3 Å². The molecule has 0 radical (unpaired) electrons. The summed E-state index contributed by atoms with van der Waals surface area (Å²) >= 11 is 0. The standard InChI is InChI=1S/C14H16N4O2/c1-8-6-12-16-14(15)17-18(12)7-11(8)9-2-4-10(5-3-9)13(19)20/h2-5,8,11H,6-7H2,1H3,(H2,15,17)(H,19,20). The number of nitrogens with two attached hydrogens (primary N) is 1. The molecular weight excluding hydrogens is 256 g/mol. The first-order chi connectivity index (χ1) is 9.54. The van der Waals surface area contributed by atoms with Crippen molar-refractivity contribution in [3.05, 3.63) is 41.2 Å². The summed E-state index contributed by atoms with van der Waals surface area (Å²) in [5, 5.41) is 13.1. The van der Waals surface area contributed by atoms with Crippen molar-refractivity contribution < 1.29 is 9.90 Å². The first-order valence-corrected chi connectivity index (χ1v) is 6.57. The maximum absolute atomic E-state index is 10.9. The molecule has 3 N–H and O–H groups in total. The Hall–Kier alpha value is -2.37. The Balaban J connectivity index is 1.88. The zero-order valence-corrected chi connectivity index (χ0v) is 11.2. The second-order valence-corrected chi connectivity index (χ2v) is 5.28. The molecule has 6 nitrogen and oxygen atoms in total. The van der Waals surface area contributed by atoms with Crippen molar-refractivity contribution in [2.75, 3.05) is 5.73 Å². The molecule has 1 aliphatic heterocycles. The number of carboxylic acids is 1. The summed E-state index contributed by atoms with van der Waals surface area (Å²) in [6.07, 6.45) is 0.829. The van der Waals surface area contributed by atoms with Crippen molar-refractivity contribution in [3.8, 4) is 0 Å². The predicted molar refractivity (Wildman–Crippen MR) is 73.4 cm³/mol. The van der Waals surface area contributed by atoms with E-state index in [-0.39, 0.29) is 0 Å². The van der Waals surface area contributed by atoms with Crippen molar-refractivity contribution in [1.29, 1.82) is 0 Å². The van der Waals surface area contributed by atoms with Gasteiger partial charge in [0, 0.05) is 12.3 Å². The van der Waals surface area contributed by atoms with Gasteiger partial charge < -0.3 is 10.8 Å². The first-order valence-electron chi connectivity index (χ1n) is 6.57. The van der Waals surface area contributed by atoms with Gasteiger partial charge in [0.1, 0.15) is 5.82 Å².